The molecule has 2 heterocycles. The third-order valence-electron chi connectivity index (χ3n) is 2.17. The highest BCUT2D eigenvalue weighted by atomic mass is 19.4. The molecule has 0 atom stereocenters. The third kappa shape index (κ3) is 3.19. The molecular weight excluding hydrogens is 247 g/mol. The molecule has 96 valence electrons. The van der Waals surface area contributed by atoms with E-state index >= 15 is 0 Å². The molecule has 0 spiro atoms. The summed E-state index contributed by atoms with van der Waals surface area (Å²) < 4.78 is 37.2. The molecule has 0 amide bonds. The lowest BCUT2D eigenvalue weighted by atomic mass is 10.3. The van der Waals surface area contributed by atoms with Gasteiger partial charge in [-0.3, -0.25) is 5.10 Å². The van der Waals surface area contributed by atoms with Gasteiger partial charge in [-0.1, -0.05) is 6.07 Å². The summed E-state index contributed by atoms with van der Waals surface area (Å²) >= 11 is 0. The minimum Gasteiger partial charge on any atom is -0.370 e. The van der Waals surface area contributed by atoms with Gasteiger partial charge >= 0.3 is 6.18 Å². The Morgan fingerprint density at radius 3 is 2.78 bits per heavy atom. The van der Waals surface area contributed by atoms with E-state index in [2.05, 4.69) is 25.5 Å². The van der Waals surface area contributed by atoms with E-state index in [-0.39, 0.29) is 5.82 Å². The Labute approximate surface area is 100 Å². The van der Waals surface area contributed by atoms with Gasteiger partial charge in [0.2, 0.25) is 0 Å². The Balaban J connectivity index is 1.93. The average Bonchev–Trinajstić information content (AvgIpc) is 2.81. The lowest BCUT2D eigenvalue weighted by Gasteiger charge is -2.08. The minimum atomic E-state index is -4.43. The Morgan fingerprint density at radius 1 is 1.28 bits per heavy atom. The molecule has 2 rings (SSSR count). The van der Waals surface area contributed by atoms with Crippen molar-refractivity contribution in [2.24, 2.45) is 0 Å². The molecule has 2 aromatic heterocycles. The number of nitrogens with zero attached hydrogens (tertiary/aromatic N) is 3. The maximum Gasteiger partial charge on any atom is 0.433 e. The fourth-order valence-corrected chi connectivity index (χ4v) is 1.35. The number of H-pyrrole nitrogens is 1. The summed E-state index contributed by atoms with van der Waals surface area (Å²) in [5.74, 6) is 0.846. The number of alkyl halides is 3. The number of aromatic amines is 1. The molecule has 0 unspecified atom stereocenters. The van der Waals surface area contributed by atoms with Gasteiger partial charge in [0.1, 0.15) is 23.7 Å². The predicted molar refractivity (Wildman–Crippen MR) is 57.8 cm³/mol. The van der Waals surface area contributed by atoms with Gasteiger partial charge in [0.15, 0.2) is 0 Å². The van der Waals surface area contributed by atoms with Crippen molar-refractivity contribution in [1.29, 1.82) is 0 Å². The molecule has 0 aliphatic heterocycles. The van der Waals surface area contributed by atoms with Crippen molar-refractivity contribution in [3.63, 3.8) is 0 Å². The lowest BCUT2D eigenvalue weighted by molar-refractivity contribution is -0.141. The van der Waals surface area contributed by atoms with Crippen molar-refractivity contribution in [3.05, 3.63) is 36.0 Å². The highest BCUT2D eigenvalue weighted by Crippen LogP contribution is 2.27. The standard InChI is InChI=1S/C10H10F3N5/c11-10(12,13)7-2-1-3-8(17-7)14-5-4-9-15-6-16-18-9/h1-3,6H,4-5H2,(H,14,17)(H,15,16,18). The zero-order valence-electron chi connectivity index (χ0n) is 9.20. The van der Waals surface area contributed by atoms with E-state index in [0.717, 1.165) is 6.07 Å². The van der Waals surface area contributed by atoms with Crippen LogP contribution in [0, 0.1) is 0 Å². The number of aromatic nitrogens is 4. The van der Waals surface area contributed by atoms with E-state index in [1.165, 1.54) is 18.5 Å². The second-order valence-corrected chi connectivity index (χ2v) is 3.51. The van der Waals surface area contributed by atoms with Crippen LogP contribution in [0.25, 0.3) is 0 Å². The number of hydrogen-bond acceptors (Lipinski definition) is 4. The molecular formula is C10H10F3N5. The van der Waals surface area contributed by atoms with Crippen LogP contribution < -0.4 is 5.32 Å². The molecule has 0 fully saturated rings. The maximum absolute atomic E-state index is 12.4. The van der Waals surface area contributed by atoms with Gasteiger partial charge in [0, 0.05) is 13.0 Å². The summed E-state index contributed by atoms with van der Waals surface area (Å²) in [5.41, 5.74) is -0.910. The van der Waals surface area contributed by atoms with Gasteiger partial charge < -0.3 is 5.32 Å². The summed E-state index contributed by atoms with van der Waals surface area (Å²) in [4.78, 5) is 7.38. The monoisotopic (exact) mass is 257 g/mol. The van der Waals surface area contributed by atoms with E-state index in [1.807, 2.05) is 0 Å². The van der Waals surface area contributed by atoms with Gasteiger partial charge in [0.05, 0.1) is 0 Å². The number of nitrogens with one attached hydrogen (secondary N) is 2. The van der Waals surface area contributed by atoms with Gasteiger partial charge in [0.25, 0.3) is 0 Å². The first kappa shape index (κ1) is 12.3. The summed E-state index contributed by atoms with van der Waals surface area (Å²) in [6.07, 6.45) is -2.53. The number of pyridine rings is 1. The number of anilines is 1. The zero-order chi connectivity index (χ0) is 13.0. The predicted octanol–water partition coefficient (Wildman–Crippen LogP) is 1.87. The van der Waals surface area contributed by atoms with Crippen molar-refractivity contribution in [2.45, 2.75) is 12.6 Å². The van der Waals surface area contributed by atoms with Crippen LogP contribution in [-0.2, 0) is 12.6 Å². The van der Waals surface area contributed by atoms with Crippen LogP contribution in [0.2, 0.25) is 0 Å². The fourth-order valence-electron chi connectivity index (χ4n) is 1.35. The summed E-state index contributed by atoms with van der Waals surface area (Å²) in [6.45, 7) is 0.420. The van der Waals surface area contributed by atoms with Crippen molar-refractivity contribution in [3.8, 4) is 0 Å². The molecule has 2 N–H and O–H groups in total. The normalized spacial score (nSPS) is 11.5. The topological polar surface area (TPSA) is 66.5 Å². The number of rotatable bonds is 4. The Bertz CT molecular complexity index is 494. The molecule has 0 bridgehead atoms. The first-order valence-electron chi connectivity index (χ1n) is 5.18. The highest BCUT2D eigenvalue weighted by molar-refractivity contribution is 5.35. The van der Waals surface area contributed by atoms with E-state index in [0.29, 0.717) is 18.8 Å². The first-order chi connectivity index (χ1) is 8.55. The van der Waals surface area contributed by atoms with Crippen molar-refractivity contribution in [2.75, 3.05) is 11.9 Å². The van der Waals surface area contributed by atoms with Crippen molar-refractivity contribution < 1.29 is 13.2 Å². The van der Waals surface area contributed by atoms with Crippen LogP contribution in [0.5, 0.6) is 0 Å². The molecule has 0 aliphatic carbocycles. The van der Waals surface area contributed by atoms with Crippen LogP contribution in [0.15, 0.2) is 24.5 Å². The Hall–Kier alpha value is -2.12. The number of halogens is 3. The van der Waals surface area contributed by atoms with E-state index in [1.54, 1.807) is 0 Å². The lowest BCUT2D eigenvalue weighted by Crippen LogP contribution is -2.12. The largest absolute Gasteiger partial charge is 0.433 e. The Morgan fingerprint density at radius 2 is 2.11 bits per heavy atom. The maximum atomic E-state index is 12.4. The van der Waals surface area contributed by atoms with E-state index in [4.69, 9.17) is 0 Å². The van der Waals surface area contributed by atoms with E-state index < -0.39 is 11.9 Å². The molecule has 0 radical (unpaired) electrons. The summed E-state index contributed by atoms with van der Waals surface area (Å²) in [6, 6.07) is 3.73. The molecule has 0 aliphatic rings. The van der Waals surface area contributed by atoms with Crippen LogP contribution >= 0.6 is 0 Å². The van der Waals surface area contributed by atoms with Gasteiger partial charge in [-0.05, 0) is 12.1 Å². The van der Waals surface area contributed by atoms with Gasteiger partial charge in [-0.15, -0.1) is 0 Å². The number of hydrogen-bond donors (Lipinski definition) is 2. The molecule has 8 heteroatoms. The van der Waals surface area contributed by atoms with Crippen molar-refractivity contribution in [1.82, 2.24) is 20.2 Å². The fraction of sp³-hybridized carbons (Fsp3) is 0.300. The molecule has 0 saturated carbocycles. The second kappa shape index (κ2) is 5.03. The Kier molecular flexibility index (Phi) is 3.45. The molecule has 0 aromatic carbocycles. The minimum absolute atomic E-state index is 0.185. The molecule has 5 nitrogen and oxygen atoms in total. The van der Waals surface area contributed by atoms with Crippen LogP contribution in [0.3, 0.4) is 0 Å². The molecule has 0 saturated heterocycles. The van der Waals surface area contributed by atoms with Crippen LogP contribution in [0.1, 0.15) is 11.5 Å². The van der Waals surface area contributed by atoms with Crippen molar-refractivity contribution >= 4 is 5.82 Å². The molecule has 18 heavy (non-hydrogen) atoms. The summed E-state index contributed by atoms with van der Waals surface area (Å²) in [7, 11) is 0. The van der Waals surface area contributed by atoms with Gasteiger partial charge in [-0.2, -0.15) is 18.3 Å². The second-order valence-electron chi connectivity index (χ2n) is 3.51. The van der Waals surface area contributed by atoms with Crippen LogP contribution in [0.4, 0.5) is 19.0 Å². The quantitative estimate of drug-likeness (QED) is 0.877. The SMILES string of the molecule is FC(F)(F)c1cccc(NCCc2ncn[nH]2)n1. The first-order valence-corrected chi connectivity index (χ1v) is 5.18. The third-order valence-corrected chi connectivity index (χ3v) is 2.17. The highest BCUT2D eigenvalue weighted by Gasteiger charge is 2.32. The average molecular weight is 257 g/mol. The summed E-state index contributed by atoms with van der Waals surface area (Å²) in [5, 5.41) is 9.12. The van der Waals surface area contributed by atoms with E-state index in [9.17, 15) is 13.2 Å². The smallest absolute Gasteiger partial charge is 0.370 e. The van der Waals surface area contributed by atoms with Gasteiger partial charge in [-0.25, -0.2) is 9.97 Å². The molecule has 2 aromatic rings. The zero-order valence-corrected chi connectivity index (χ0v) is 9.20. The van der Waals surface area contributed by atoms with Crippen LogP contribution in [-0.4, -0.2) is 26.7 Å².